The zero-order valence-electron chi connectivity index (χ0n) is 10.0. The lowest BCUT2D eigenvalue weighted by atomic mass is 10.1. The number of nitrogens with two attached hydrogens (primary N) is 1. The van der Waals surface area contributed by atoms with Crippen LogP contribution >= 0.6 is 0 Å². The minimum atomic E-state index is -0.0928. The molecule has 0 aliphatic carbocycles. The van der Waals surface area contributed by atoms with Crippen molar-refractivity contribution in [2.24, 2.45) is 5.73 Å². The SMILES string of the molecule is CCO[C@@H](CN)c1ccc(OC)c(OC)c1. The summed E-state index contributed by atoms with van der Waals surface area (Å²) in [4.78, 5) is 0. The van der Waals surface area contributed by atoms with Gasteiger partial charge in [0.15, 0.2) is 11.5 Å². The average Bonchev–Trinajstić information content (AvgIpc) is 2.35. The Hall–Kier alpha value is -1.26. The lowest BCUT2D eigenvalue weighted by Crippen LogP contribution is -2.15. The fourth-order valence-corrected chi connectivity index (χ4v) is 1.55. The Kier molecular flexibility index (Phi) is 5.08. The molecule has 0 amide bonds. The van der Waals surface area contributed by atoms with Gasteiger partial charge >= 0.3 is 0 Å². The van der Waals surface area contributed by atoms with E-state index in [0.29, 0.717) is 24.7 Å². The molecule has 0 fully saturated rings. The molecule has 1 rings (SSSR count). The average molecular weight is 225 g/mol. The molecule has 0 aromatic heterocycles. The predicted octanol–water partition coefficient (Wildman–Crippen LogP) is 1.74. The van der Waals surface area contributed by atoms with Gasteiger partial charge in [0.25, 0.3) is 0 Å². The number of rotatable bonds is 6. The van der Waals surface area contributed by atoms with Crippen molar-refractivity contribution in [3.05, 3.63) is 23.8 Å². The van der Waals surface area contributed by atoms with Gasteiger partial charge in [-0.1, -0.05) is 6.07 Å². The van der Waals surface area contributed by atoms with Gasteiger partial charge in [-0.25, -0.2) is 0 Å². The van der Waals surface area contributed by atoms with Crippen LogP contribution in [0, 0.1) is 0 Å². The third kappa shape index (κ3) is 2.87. The van der Waals surface area contributed by atoms with Crippen molar-refractivity contribution in [2.45, 2.75) is 13.0 Å². The Bertz CT molecular complexity index is 328. The van der Waals surface area contributed by atoms with Crippen molar-refractivity contribution in [1.82, 2.24) is 0 Å². The zero-order valence-corrected chi connectivity index (χ0v) is 10.0. The van der Waals surface area contributed by atoms with Crippen molar-refractivity contribution in [3.8, 4) is 11.5 Å². The highest BCUT2D eigenvalue weighted by molar-refractivity contribution is 5.43. The first-order valence-electron chi connectivity index (χ1n) is 5.30. The van der Waals surface area contributed by atoms with Crippen LogP contribution in [0.4, 0.5) is 0 Å². The summed E-state index contributed by atoms with van der Waals surface area (Å²) in [6.45, 7) is 3.03. The number of methoxy groups -OCH3 is 2. The molecule has 4 nitrogen and oxygen atoms in total. The second-order valence-corrected chi connectivity index (χ2v) is 3.29. The molecule has 0 saturated carbocycles. The fraction of sp³-hybridized carbons (Fsp3) is 0.500. The molecule has 2 N–H and O–H groups in total. The summed E-state index contributed by atoms with van der Waals surface area (Å²) in [5.74, 6) is 1.40. The van der Waals surface area contributed by atoms with Gasteiger partial charge in [0.2, 0.25) is 0 Å². The monoisotopic (exact) mass is 225 g/mol. The van der Waals surface area contributed by atoms with Crippen LogP contribution in [0.2, 0.25) is 0 Å². The van der Waals surface area contributed by atoms with Crippen LogP contribution in [0.5, 0.6) is 11.5 Å². The van der Waals surface area contributed by atoms with E-state index in [0.717, 1.165) is 5.56 Å². The van der Waals surface area contributed by atoms with Gasteiger partial charge in [0.1, 0.15) is 0 Å². The van der Waals surface area contributed by atoms with Crippen LogP contribution < -0.4 is 15.2 Å². The van der Waals surface area contributed by atoms with Crippen LogP contribution in [0.25, 0.3) is 0 Å². The van der Waals surface area contributed by atoms with E-state index < -0.39 is 0 Å². The molecule has 0 spiro atoms. The molecule has 0 saturated heterocycles. The van der Waals surface area contributed by atoms with Crippen molar-refractivity contribution in [3.63, 3.8) is 0 Å². The zero-order chi connectivity index (χ0) is 12.0. The molecule has 0 heterocycles. The van der Waals surface area contributed by atoms with E-state index >= 15 is 0 Å². The molecule has 1 aromatic carbocycles. The van der Waals surface area contributed by atoms with Gasteiger partial charge < -0.3 is 19.9 Å². The lowest BCUT2D eigenvalue weighted by Gasteiger charge is -2.17. The van der Waals surface area contributed by atoms with Crippen LogP contribution in [-0.4, -0.2) is 27.4 Å². The second-order valence-electron chi connectivity index (χ2n) is 3.29. The number of ether oxygens (including phenoxy) is 3. The van der Waals surface area contributed by atoms with Gasteiger partial charge in [-0.05, 0) is 24.6 Å². The second kappa shape index (κ2) is 6.35. The summed E-state index contributed by atoms with van der Waals surface area (Å²) in [7, 11) is 3.22. The molecule has 4 heteroatoms. The predicted molar refractivity (Wildman–Crippen MR) is 63.0 cm³/mol. The topological polar surface area (TPSA) is 53.7 Å². The third-order valence-corrected chi connectivity index (χ3v) is 2.36. The number of hydrogen-bond acceptors (Lipinski definition) is 4. The minimum absolute atomic E-state index is 0.0928. The number of hydrogen-bond donors (Lipinski definition) is 1. The molecule has 1 atom stereocenters. The van der Waals surface area contributed by atoms with Gasteiger partial charge in [-0.3, -0.25) is 0 Å². The summed E-state index contributed by atoms with van der Waals surface area (Å²) < 4.78 is 15.9. The van der Waals surface area contributed by atoms with E-state index in [1.165, 1.54) is 0 Å². The van der Waals surface area contributed by atoms with Crippen molar-refractivity contribution < 1.29 is 14.2 Å². The van der Waals surface area contributed by atoms with Crippen LogP contribution in [-0.2, 0) is 4.74 Å². The first kappa shape index (κ1) is 12.8. The largest absolute Gasteiger partial charge is 0.493 e. The summed E-state index contributed by atoms with van der Waals surface area (Å²) in [5, 5.41) is 0. The quantitative estimate of drug-likeness (QED) is 0.801. The molecule has 0 aliphatic rings. The first-order valence-corrected chi connectivity index (χ1v) is 5.30. The van der Waals surface area contributed by atoms with E-state index in [2.05, 4.69) is 0 Å². The van der Waals surface area contributed by atoms with E-state index in [-0.39, 0.29) is 6.10 Å². The normalized spacial score (nSPS) is 12.2. The maximum Gasteiger partial charge on any atom is 0.161 e. The van der Waals surface area contributed by atoms with E-state index in [4.69, 9.17) is 19.9 Å². The summed E-state index contributed by atoms with van der Waals surface area (Å²) in [5.41, 5.74) is 6.66. The van der Waals surface area contributed by atoms with Crippen LogP contribution in [0.3, 0.4) is 0 Å². The third-order valence-electron chi connectivity index (χ3n) is 2.36. The highest BCUT2D eigenvalue weighted by Crippen LogP contribution is 2.30. The molecule has 0 aliphatic heterocycles. The Balaban J connectivity index is 2.96. The highest BCUT2D eigenvalue weighted by Gasteiger charge is 2.12. The molecular weight excluding hydrogens is 206 g/mol. The molecular formula is C12H19NO3. The Morgan fingerprint density at radius 3 is 2.38 bits per heavy atom. The summed E-state index contributed by atoms with van der Waals surface area (Å²) in [6, 6.07) is 5.69. The first-order chi connectivity index (χ1) is 7.76. The molecule has 0 bridgehead atoms. The molecule has 16 heavy (non-hydrogen) atoms. The van der Waals surface area contributed by atoms with E-state index in [9.17, 15) is 0 Å². The Morgan fingerprint density at radius 2 is 1.88 bits per heavy atom. The summed E-state index contributed by atoms with van der Waals surface area (Å²) in [6.07, 6.45) is -0.0928. The van der Waals surface area contributed by atoms with Crippen molar-refractivity contribution in [1.29, 1.82) is 0 Å². The Morgan fingerprint density at radius 1 is 1.19 bits per heavy atom. The van der Waals surface area contributed by atoms with Crippen molar-refractivity contribution >= 4 is 0 Å². The van der Waals surface area contributed by atoms with E-state index in [1.807, 2.05) is 25.1 Å². The molecule has 0 radical (unpaired) electrons. The smallest absolute Gasteiger partial charge is 0.161 e. The van der Waals surface area contributed by atoms with E-state index in [1.54, 1.807) is 14.2 Å². The van der Waals surface area contributed by atoms with Gasteiger partial charge in [-0.2, -0.15) is 0 Å². The van der Waals surface area contributed by atoms with Crippen LogP contribution in [0.1, 0.15) is 18.6 Å². The lowest BCUT2D eigenvalue weighted by molar-refractivity contribution is 0.0686. The molecule has 1 aromatic rings. The fourth-order valence-electron chi connectivity index (χ4n) is 1.55. The van der Waals surface area contributed by atoms with Gasteiger partial charge in [-0.15, -0.1) is 0 Å². The Labute approximate surface area is 96.3 Å². The van der Waals surface area contributed by atoms with Gasteiger partial charge in [0, 0.05) is 13.2 Å². The van der Waals surface area contributed by atoms with Crippen LogP contribution in [0.15, 0.2) is 18.2 Å². The maximum absolute atomic E-state index is 5.66. The van der Waals surface area contributed by atoms with Crippen molar-refractivity contribution in [2.75, 3.05) is 27.4 Å². The molecule has 90 valence electrons. The standard InChI is InChI=1S/C12H19NO3/c1-4-16-12(8-13)9-5-6-10(14-2)11(7-9)15-3/h5-7,12H,4,8,13H2,1-3H3/t12-/m0/s1. The molecule has 0 unspecified atom stereocenters. The summed E-state index contributed by atoms with van der Waals surface area (Å²) >= 11 is 0. The van der Waals surface area contributed by atoms with Gasteiger partial charge in [0.05, 0.1) is 20.3 Å². The minimum Gasteiger partial charge on any atom is -0.493 e. The number of benzene rings is 1. The maximum atomic E-state index is 5.66. The highest BCUT2D eigenvalue weighted by atomic mass is 16.5.